The molecule has 162 valence electrons. The number of halogens is 1. The van der Waals surface area contributed by atoms with Crippen molar-refractivity contribution < 1.29 is 28.2 Å². The lowest BCUT2D eigenvalue weighted by Crippen LogP contribution is -2.70. The van der Waals surface area contributed by atoms with Gasteiger partial charge in [0.05, 0.1) is 13.7 Å². The van der Waals surface area contributed by atoms with E-state index >= 15 is 0 Å². The first-order valence-corrected chi connectivity index (χ1v) is 9.90. The van der Waals surface area contributed by atoms with Crippen LogP contribution in [0.4, 0.5) is 9.18 Å². The molecular formula is C22H22FN3O5. The third-order valence-corrected chi connectivity index (χ3v) is 5.46. The molecule has 1 N–H and O–H groups in total. The Kier molecular flexibility index (Phi) is 5.75. The van der Waals surface area contributed by atoms with Crippen LogP contribution in [0.5, 0.6) is 11.5 Å². The van der Waals surface area contributed by atoms with Gasteiger partial charge in [-0.05, 0) is 42.0 Å². The zero-order valence-corrected chi connectivity index (χ0v) is 16.9. The minimum atomic E-state index is -0.769. The van der Waals surface area contributed by atoms with E-state index in [4.69, 9.17) is 9.47 Å². The zero-order chi connectivity index (χ0) is 22.0. The smallest absolute Gasteiger partial charge is 0.415 e. The number of hydrogen-bond donors (Lipinski definition) is 1. The molecule has 3 amide bonds. The van der Waals surface area contributed by atoms with Gasteiger partial charge in [0.1, 0.15) is 29.4 Å². The molecule has 2 saturated heterocycles. The van der Waals surface area contributed by atoms with Gasteiger partial charge in [-0.3, -0.25) is 9.59 Å². The third kappa shape index (κ3) is 4.45. The summed E-state index contributed by atoms with van der Waals surface area (Å²) in [6, 6.07) is 11.0. The molecule has 8 nitrogen and oxygen atoms in total. The monoisotopic (exact) mass is 427 g/mol. The van der Waals surface area contributed by atoms with Crippen molar-refractivity contribution in [2.45, 2.75) is 18.5 Å². The Morgan fingerprint density at radius 1 is 1.06 bits per heavy atom. The van der Waals surface area contributed by atoms with Crippen LogP contribution in [0.15, 0.2) is 48.5 Å². The van der Waals surface area contributed by atoms with Gasteiger partial charge < -0.3 is 24.6 Å². The molecule has 2 aromatic rings. The molecule has 4 rings (SSSR count). The summed E-state index contributed by atoms with van der Waals surface area (Å²) in [6.45, 7) is 0.506. The Hall–Kier alpha value is -3.62. The summed E-state index contributed by atoms with van der Waals surface area (Å²) < 4.78 is 23.4. The van der Waals surface area contributed by atoms with Gasteiger partial charge in [-0.25, -0.2) is 9.18 Å². The number of ether oxygens (including phenoxy) is 2. The van der Waals surface area contributed by atoms with E-state index in [1.165, 1.54) is 34.1 Å². The predicted molar refractivity (Wildman–Crippen MR) is 108 cm³/mol. The first-order valence-electron chi connectivity index (χ1n) is 9.90. The standard InChI is InChI=1S/C22H22FN3O5/c1-30-16-6-2-14(3-7-16)12-18-21(28)26-11-10-25(13-19(26)20(27)24-18)22(29)31-17-8-4-15(23)5-9-17/h2-9,18-19H,10-13H2,1H3,(H,24,27)/t18-,19+/m0/s1. The zero-order valence-electron chi connectivity index (χ0n) is 16.9. The molecule has 0 unspecified atom stereocenters. The van der Waals surface area contributed by atoms with E-state index in [0.717, 1.165) is 5.56 Å². The van der Waals surface area contributed by atoms with E-state index in [1.54, 1.807) is 19.2 Å². The van der Waals surface area contributed by atoms with Crippen molar-refractivity contribution in [2.75, 3.05) is 26.7 Å². The molecule has 0 bridgehead atoms. The van der Waals surface area contributed by atoms with Crippen LogP contribution in [0.3, 0.4) is 0 Å². The minimum Gasteiger partial charge on any atom is -0.497 e. The van der Waals surface area contributed by atoms with E-state index in [9.17, 15) is 18.8 Å². The van der Waals surface area contributed by atoms with Gasteiger partial charge in [-0.2, -0.15) is 0 Å². The van der Waals surface area contributed by atoms with Crippen LogP contribution >= 0.6 is 0 Å². The first-order chi connectivity index (χ1) is 14.9. The topological polar surface area (TPSA) is 88.2 Å². The van der Waals surface area contributed by atoms with Crippen molar-refractivity contribution in [3.8, 4) is 11.5 Å². The summed E-state index contributed by atoms with van der Waals surface area (Å²) in [6.07, 6.45) is -0.277. The second kappa shape index (κ2) is 8.63. The lowest BCUT2D eigenvalue weighted by molar-refractivity contribution is -0.152. The van der Waals surface area contributed by atoms with Crippen LogP contribution in [0.2, 0.25) is 0 Å². The van der Waals surface area contributed by atoms with Gasteiger partial charge in [-0.15, -0.1) is 0 Å². The summed E-state index contributed by atoms with van der Waals surface area (Å²) in [5, 5.41) is 2.78. The Morgan fingerprint density at radius 2 is 1.74 bits per heavy atom. The number of piperazine rings is 2. The number of methoxy groups -OCH3 is 1. The predicted octanol–water partition coefficient (Wildman–Crippen LogP) is 1.59. The summed E-state index contributed by atoms with van der Waals surface area (Å²) in [4.78, 5) is 41.0. The molecule has 2 fully saturated rings. The van der Waals surface area contributed by atoms with Gasteiger partial charge in [0.25, 0.3) is 0 Å². The molecule has 2 heterocycles. The quantitative estimate of drug-likeness (QED) is 0.801. The highest BCUT2D eigenvalue weighted by molar-refractivity contribution is 5.97. The van der Waals surface area contributed by atoms with Gasteiger partial charge >= 0.3 is 6.09 Å². The highest BCUT2D eigenvalue weighted by Gasteiger charge is 2.44. The van der Waals surface area contributed by atoms with Crippen LogP contribution in [0, 0.1) is 5.82 Å². The molecule has 31 heavy (non-hydrogen) atoms. The second-order valence-corrected chi connectivity index (χ2v) is 7.43. The van der Waals surface area contributed by atoms with Gasteiger partial charge in [0.2, 0.25) is 11.8 Å². The van der Waals surface area contributed by atoms with Gasteiger partial charge in [-0.1, -0.05) is 12.1 Å². The second-order valence-electron chi connectivity index (χ2n) is 7.43. The third-order valence-electron chi connectivity index (χ3n) is 5.46. The number of carbonyl (C=O) groups excluding carboxylic acids is 3. The molecule has 2 aliphatic rings. The van der Waals surface area contributed by atoms with Gasteiger partial charge in [0.15, 0.2) is 0 Å². The van der Waals surface area contributed by atoms with E-state index < -0.39 is 24.0 Å². The molecule has 0 spiro atoms. The number of fused-ring (bicyclic) bond motifs is 1. The van der Waals surface area contributed by atoms with Crippen LogP contribution in [0.25, 0.3) is 0 Å². The maximum absolute atomic E-state index is 13.0. The summed E-state index contributed by atoms with van der Waals surface area (Å²) in [5.74, 6) is 0.00313. The summed E-state index contributed by atoms with van der Waals surface area (Å²) in [5.41, 5.74) is 0.902. The Balaban J connectivity index is 1.38. The maximum Gasteiger partial charge on any atom is 0.415 e. The highest BCUT2D eigenvalue weighted by atomic mass is 19.1. The number of nitrogens with one attached hydrogen (secondary N) is 1. The molecule has 0 aromatic heterocycles. The largest absolute Gasteiger partial charge is 0.497 e. The average Bonchev–Trinajstić information content (AvgIpc) is 2.79. The van der Waals surface area contributed by atoms with Crippen molar-refractivity contribution in [1.29, 1.82) is 0 Å². The van der Waals surface area contributed by atoms with Crippen molar-refractivity contribution in [3.63, 3.8) is 0 Å². The van der Waals surface area contributed by atoms with Crippen LogP contribution in [0.1, 0.15) is 5.56 Å². The fraction of sp³-hybridized carbons (Fsp3) is 0.318. The molecule has 2 aromatic carbocycles. The molecular weight excluding hydrogens is 405 g/mol. The van der Waals surface area contributed by atoms with Crippen molar-refractivity contribution in [2.24, 2.45) is 0 Å². The van der Waals surface area contributed by atoms with Crippen molar-refractivity contribution in [1.82, 2.24) is 15.1 Å². The number of rotatable bonds is 4. The lowest BCUT2D eigenvalue weighted by atomic mass is 9.98. The highest BCUT2D eigenvalue weighted by Crippen LogP contribution is 2.21. The first kappa shape index (κ1) is 20.6. The molecule has 9 heteroatoms. The number of nitrogens with zero attached hydrogens (tertiary/aromatic N) is 2. The van der Waals surface area contributed by atoms with Crippen LogP contribution in [-0.2, 0) is 16.0 Å². The van der Waals surface area contributed by atoms with E-state index in [2.05, 4.69) is 5.32 Å². The van der Waals surface area contributed by atoms with E-state index in [0.29, 0.717) is 12.2 Å². The van der Waals surface area contributed by atoms with E-state index in [1.807, 2.05) is 12.1 Å². The SMILES string of the molecule is COc1ccc(C[C@@H]2NC(=O)[C@H]3CN(C(=O)Oc4ccc(F)cc4)CCN3C2=O)cc1. The van der Waals surface area contributed by atoms with Crippen LogP contribution < -0.4 is 14.8 Å². The Morgan fingerprint density at radius 3 is 2.42 bits per heavy atom. The number of benzene rings is 2. The molecule has 0 saturated carbocycles. The molecule has 2 aliphatic heterocycles. The normalized spacial score (nSPS) is 20.7. The fourth-order valence-electron chi connectivity index (χ4n) is 3.77. The maximum atomic E-state index is 13.0. The van der Waals surface area contributed by atoms with E-state index in [-0.39, 0.29) is 37.2 Å². The van der Waals surface area contributed by atoms with Crippen LogP contribution in [-0.4, -0.2) is 66.5 Å². The molecule has 0 radical (unpaired) electrons. The van der Waals surface area contributed by atoms with Crippen molar-refractivity contribution >= 4 is 17.9 Å². The lowest BCUT2D eigenvalue weighted by Gasteiger charge is -2.44. The minimum absolute atomic E-state index is 0.0346. The summed E-state index contributed by atoms with van der Waals surface area (Å²) >= 11 is 0. The molecule has 0 aliphatic carbocycles. The number of hydrogen-bond acceptors (Lipinski definition) is 5. The summed E-state index contributed by atoms with van der Waals surface area (Å²) in [7, 11) is 1.58. The Bertz CT molecular complexity index is 980. The average molecular weight is 427 g/mol. The van der Waals surface area contributed by atoms with Crippen molar-refractivity contribution in [3.05, 3.63) is 59.9 Å². The Labute approximate surface area is 178 Å². The fourth-order valence-corrected chi connectivity index (χ4v) is 3.77. The number of carbonyl (C=O) groups is 3. The van der Waals surface area contributed by atoms with Gasteiger partial charge in [0, 0.05) is 19.5 Å². The molecule has 2 atom stereocenters. The number of amides is 3.